The molecule has 0 bridgehead atoms. The van der Waals surface area contributed by atoms with Gasteiger partial charge in [-0.3, -0.25) is 0 Å². The highest BCUT2D eigenvalue weighted by Crippen LogP contribution is 2.33. The van der Waals surface area contributed by atoms with Crippen LogP contribution >= 0.6 is 0 Å². The van der Waals surface area contributed by atoms with E-state index >= 15 is 0 Å². The van der Waals surface area contributed by atoms with Gasteiger partial charge >= 0.3 is 6.01 Å². The van der Waals surface area contributed by atoms with E-state index in [1.807, 2.05) is 38.1 Å². The molecule has 34 heavy (non-hydrogen) atoms. The number of imidazole rings is 1. The molecule has 5 rings (SSSR count). The summed E-state index contributed by atoms with van der Waals surface area (Å²) in [5.41, 5.74) is 4.05. The van der Waals surface area contributed by atoms with E-state index in [0.29, 0.717) is 12.2 Å². The van der Waals surface area contributed by atoms with Gasteiger partial charge in [0.05, 0.1) is 25.5 Å². The molecule has 1 aliphatic carbocycles. The Hall–Kier alpha value is -3.75. The summed E-state index contributed by atoms with van der Waals surface area (Å²) in [5, 5.41) is 7.92. The minimum Gasteiger partial charge on any atom is -0.493 e. The fourth-order valence-electron chi connectivity index (χ4n) is 4.30. The van der Waals surface area contributed by atoms with Gasteiger partial charge in [-0.15, -0.1) is 0 Å². The first-order chi connectivity index (χ1) is 16.6. The van der Waals surface area contributed by atoms with E-state index in [-0.39, 0.29) is 18.7 Å². The Morgan fingerprint density at radius 2 is 1.88 bits per heavy atom. The summed E-state index contributed by atoms with van der Waals surface area (Å²) in [6, 6.07) is 10.0. The smallest absolute Gasteiger partial charge is 0.319 e. The molecule has 0 N–H and O–H groups in total. The van der Waals surface area contributed by atoms with Gasteiger partial charge in [-0.2, -0.15) is 20.2 Å². The monoisotopic (exact) mass is 460 g/mol. The van der Waals surface area contributed by atoms with Gasteiger partial charge < -0.3 is 18.8 Å². The lowest BCUT2D eigenvalue weighted by molar-refractivity contribution is 0.200. The summed E-state index contributed by atoms with van der Waals surface area (Å²) in [7, 11) is 1.67. The van der Waals surface area contributed by atoms with Crippen LogP contribution in [0.15, 0.2) is 36.5 Å². The number of methoxy groups -OCH3 is 1. The Balaban J connectivity index is 1.42. The van der Waals surface area contributed by atoms with Crippen LogP contribution in [-0.4, -0.2) is 42.9 Å². The maximum Gasteiger partial charge on any atom is 0.319 e. The van der Waals surface area contributed by atoms with Gasteiger partial charge in [0, 0.05) is 6.20 Å². The topological polar surface area (TPSA) is 97.1 Å². The molecule has 0 radical (unpaired) electrons. The largest absolute Gasteiger partial charge is 0.493 e. The van der Waals surface area contributed by atoms with Crippen LogP contribution in [-0.2, 0) is 13.2 Å². The van der Waals surface area contributed by atoms with Gasteiger partial charge in [-0.05, 0) is 69.4 Å². The predicted octanol–water partition coefficient (Wildman–Crippen LogP) is 4.19. The van der Waals surface area contributed by atoms with Crippen LogP contribution in [0, 0.1) is 13.8 Å². The van der Waals surface area contributed by atoms with E-state index in [1.54, 1.807) is 13.3 Å². The molecule has 3 heterocycles. The lowest BCUT2D eigenvalue weighted by Gasteiger charge is -2.17. The van der Waals surface area contributed by atoms with Crippen molar-refractivity contribution in [3.8, 4) is 17.5 Å². The Labute approximate surface area is 198 Å². The van der Waals surface area contributed by atoms with Gasteiger partial charge in [0.15, 0.2) is 17.1 Å². The predicted molar refractivity (Wildman–Crippen MR) is 126 cm³/mol. The molecule has 0 saturated heterocycles. The molecular formula is C25H28N6O3. The maximum atomic E-state index is 6.28. The molecule has 9 nitrogen and oxygen atoms in total. The van der Waals surface area contributed by atoms with Gasteiger partial charge in [0.25, 0.3) is 0 Å². The fourth-order valence-corrected chi connectivity index (χ4v) is 4.30. The van der Waals surface area contributed by atoms with E-state index in [2.05, 4.69) is 30.8 Å². The van der Waals surface area contributed by atoms with Crippen molar-refractivity contribution in [2.45, 2.75) is 58.8 Å². The summed E-state index contributed by atoms with van der Waals surface area (Å²) in [4.78, 5) is 13.9. The average molecular weight is 461 g/mol. The molecule has 0 aliphatic heterocycles. The van der Waals surface area contributed by atoms with Crippen LogP contribution < -0.4 is 14.2 Å². The first kappa shape index (κ1) is 22.1. The number of aryl methyl sites for hydroxylation is 2. The highest BCUT2D eigenvalue weighted by atomic mass is 16.5. The summed E-state index contributed by atoms with van der Waals surface area (Å²) in [6.07, 6.45) is 6.49. The van der Waals surface area contributed by atoms with Crippen LogP contribution in [0.4, 0.5) is 0 Å². The van der Waals surface area contributed by atoms with Crippen molar-refractivity contribution in [3.63, 3.8) is 0 Å². The molecule has 1 saturated carbocycles. The van der Waals surface area contributed by atoms with E-state index in [4.69, 9.17) is 19.2 Å². The molecule has 0 atom stereocenters. The molecular weight excluding hydrogens is 432 g/mol. The lowest BCUT2D eigenvalue weighted by atomic mass is 10.2. The fraction of sp³-hybridized carbons (Fsp3) is 0.400. The number of nitrogens with zero attached hydrogens (tertiary/aromatic N) is 6. The SMILES string of the molecule is COc1ccc(Cn2c(C)nc3c(C)nc(OCc4cccnn4)nc32)cc1OC1CCCC1. The first-order valence-electron chi connectivity index (χ1n) is 11.5. The maximum absolute atomic E-state index is 6.28. The third-order valence-electron chi connectivity index (χ3n) is 6.08. The average Bonchev–Trinajstić information content (AvgIpc) is 3.47. The van der Waals surface area contributed by atoms with Crippen LogP contribution in [0.1, 0.15) is 48.5 Å². The standard InChI is InChI=1S/C25H28N6O3/c1-16-23-24(29-25(27-16)33-15-19-7-6-12-26-30-19)31(17(2)28-23)14-18-10-11-21(32-3)22(13-18)34-20-8-4-5-9-20/h6-7,10-13,20H,4-5,8-9,14-15H2,1-3H3. The zero-order chi connectivity index (χ0) is 23.5. The first-order valence-corrected chi connectivity index (χ1v) is 11.5. The van der Waals surface area contributed by atoms with Crippen molar-refractivity contribution in [2.24, 2.45) is 0 Å². The Bertz CT molecular complexity index is 1290. The normalized spacial score (nSPS) is 14.0. The number of fused-ring (bicyclic) bond motifs is 1. The third kappa shape index (κ3) is 4.64. The summed E-state index contributed by atoms with van der Waals surface area (Å²) < 4.78 is 19.7. The number of rotatable bonds is 8. The van der Waals surface area contributed by atoms with E-state index < -0.39 is 0 Å². The number of hydrogen-bond acceptors (Lipinski definition) is 8. The molecule has 1 fully saturated rings. The Morgan fingerprint density at radius 3 is 2.65 bits per heavy atom. The van der Waals surface area contributed by atoms with Gasteiger partial charge in [0.2, 0.25) is 0 Å². The highest BCUT2D eigenvalue weighted by Gasteiger charge is 2.20. The number of benzene rings is 1. The minimum absolute atomic E-state index is 0.242. The number of aromatic nitrogens is 6. The van der Waals surface area contributed by atoms with Crippen LogP contribution in [0.3, 0.4) is 0 Å². The minimum atomic E-state index is 0.242. The summed E-state index contributed by atoms with van der Waals surface area (Å²) in [5.74, 6) is 2.39. The Kier molecular flexibility index (Phi) is 6.24. The van der Waals surface area contributed by atoms with Gasteiger partial charge in [0.1, 0.15) is 23.6 Å². The lowest BCUT2D eigenvalue weighted by Crippen LogP contribution is -2.12. The van der Waals surface area contributed by atoms with E-state index in [9.17, 15) is 0 Å². The molecule has 9 heteroatoms. The molecule has 3 aromatic heterocycles. The van der Waals surface area contributed by atoms with Crippen LogP contribution in [0.5, 0.6) is 17.5 Å². The van der Waals surface area contributed by atoms with Crippen molar-refractivity contribution in [2.75, 3.05) is 7.11 Å². The van der Waals surface area contributed by atoms with Crippen LogP contribution in [0.25, 0.3) is 11.2 Å². The second-order valence-electron chi connectivity index (χ2n) is 8.52. The molecule has 176 valence electrons. The Morgan fingerprint density at radius 1 is 1.03 bits per heavy atom. The molecule has 1 aromatic carbocycles. The van der Waals surface area contributed by atoms with E-state index in [1.165, 1.54) is 12.8 Å². The second kappa shape index (κ2) is 9.62. The number of hydrogen-bond donors (Lipinski definition) is 0. The van der Waals surface area contributed by atoms with Gasteiger partial charge in [-0.1, -0.05) is 6.07 Å². The van der Waals surface area contributed by atoms with Crippen molar-refractivity contribution in [3.05, 3.63) is 59.3 Å². The van der Waals surface area contributed by atoms with E-state index in [0.717, 1.165) is 52.6 Å². The van der Waals surface area contributed by atoms with Crippen molar-refractivity contribution < 1.29 is 14.2 Å². The summed E-state index contributed by atoms with van der Waals surface area (Å²) in [6.45, 7) is 4.72. The van der Waals surface area contributed by atoms with Crippen molar-refractivity contribution in [1.29, 1.82) is 0 Å². The van der Waals surface area contributed by atoms with Crippen LogP contribution in [0.2, 0.25) is 0 Å². The molecule has 1 aliphatic rings. The van der Waals surface area contributed by atoms with Gasteiger partial charge in [-0.25, -0.2) is 4.98 Å². The summed E-state index contributed by atoms with van der Waals surface area (Å²) >= 11 is 0. The zero-order valence-corrected chi connectivity index (χ0v) is 19.7. The van der Waals surface area contributed by atoms with Crippen molar-refractivity contribution in [1.82, 2.24) is 29.7 Å². The quantitative estimate of drug-likeness (QED) is 0.386. The van der Waals surface area contributed by atoms with Crippen molar-refractivity contribution >= 4 is 11.2 Å². The molecule has 4 aromatic rings. The molecule has 0 spiro atoms. The molecule has 0 unspecified atom stereocenters. The second-order valence-corrected chi connectivity index (χ2v) is 8.52. The highest BCUT2D eigenvalue weighted by molar-refractivity contribution is 5.74. The molecule has 0 amide bonds. The number of ether oxygens (including phenoxy) is 3. The third-order valence-corrected chi connectivity index (χ3v) is 6.08. The zero-order valence-electron chi connectivity index (χ0n) is 19.7.